The third-order valence-electron chi connectivity index (χ3n) is 3.82. The second-order valence-corrected chi connectivity index (χ2v) is 6.02. The van der Waals surface area contributed by atoms with Crippen molar-refractivity contribution in [3.8, 4) is 5.75 Å². The maximum atomic E-state index is 5.33. The van der Waals surface area contributed by atoms with Crippen molar-refractivity contribution in [1.29, 1.82) is 0 Å². The average Bonchev–Trinajstić information content (AvgIpc) is 2.84. The fourth-order valence-corrected chi connectivity index (χ4v) is 4.05. The Kier molecular flexibility index (Phi) is 3.75. The van der Waals surface area contributed by atoms with E-state index >= 15 is 0 Å². The number of rotatable bonds is 1. The van der Waals surface area contributed by atoms with Gasteiger partial charge in [0.05, 0.1) is 12.5 Å². The van der Waals surface area contributed by atoms with Gasteiger partial charge in [0.2, 0.25) is 11.0 Å². The van der Waals surface area contributed by atoms with Gasteiger partial charge in [-0.2, -0.15) is 4.57 Å². The molecule has 106 valence electrons. The number of pyridine rings is 1. The van der Waals surface area contributed by atoms with Crippen molar-refractivity contribution in [2.75, 3.05) is 7.11 Å². The molecule has 0 aliphatic heterocycles. The first kappa shape index (κ1) is 14.5. The lowest BCUT2D eigenvalue weighted by atomic mass is 10.1. The molecule has 0 spiro atoms. The van der Waals surface area contributed by atoms with Crippen LogP contribution in [0.2, 0.25) is 0 Å². The van der Waals surface area contributed by atoms with Gasteiger partial charge in [0.15, 0.2) is 0 Å². The number of halogens is 1. The Labute approximate surface area is 144 Å². The average molecular weight is 407 g/mol. The van der Waals surface area contributed by atoms with Crippen molar-refractivity contribution in [2.45, 2.75) is 0 Å². The molecular weight excluding hydrogens is 393 g/mol. The SMILES string of the molecule is COc1ccc2c(c1)sc1cc3ccccc3[n+](C)c12.[I-]. The molecule has 0 bridgehead atoms. The maximum absolute atomic E-state index is 5.33. The molecule has 0 aliphatic carbocycles. The van der Waals surface area contributed by atoms with Gasteiger partial charge in [-0.25, -0.2) is 0 Å². The molecule has 2 aromatic heterocycles. The molecule has 0 saturated heterocycles. The Morgan fingerprint density at radius 1 is 1.00 bits per heavy atom. The topological polar surface area (TPSA) is 13.1 Å². The summed E-state index contributed by atoms with van der Waals surface area (Å²) in [5.41, 5.74) is 2.56. The van der Waals surface area contributed by atoms with Crippen LogP contribution in [0.3, 0.4) is 0 Å². The lowest BCUT2D eigenvalue weighted by Gasteiger charge is -1.99. The lowest BCUT2D eigenvalue weighted by molar-refractivity contribution is -0.616. The summed E-state index contributed by atoms with van der Waals surface area (Å²) < 4.78 is 10.2. The Morgan fingerprint density at radius 3 is 2.62 bits per heavy atom. The second kappa shape index (κ2) is 5.42. The molecule has 0 aliphatic rings. The summed E-state index contributed by atoms with van der Waals surface area (Å²) in [6.45, 7) is 0. The Morgan fingerprint density at radius 2 is 1.81 bits per heavy atom. The van der Waals surface area contributed by atoms with Crippen LogP contribution >= 0.6 is 11.3 Å². The number of hydrogen-bond acceptors (Lipinski definition) is 2. The van der Waals surface area contributed by atoms with E-state index in [0.717, 1.165) is 5.75 Å². The van der Waals surface area contributed by atoms with Gasteiger partial charge in [0, 0.05) is 16.2 Å². The highest BCUT2D eigenvalue weighted by molar-refractivity contribution is 7.25. The number of ether oxygens (including phenoxy) is 1. The van der Waals surface area contributed by atoms with E-state index in [0.29, 0.717) is 0 Å². The van der Waals surface area contributed by atoms with Crippen LogP contribution in [0.4, 0.5) is 0 Å². The summed E-state index contributed by atoms with van der Waals surface area (Å²) in [5.74, 6) is 0.913. The van der Waals surface area contributed by atoms with Crippen molar-refractivity contribution in [2.24, 2.45) is 7.05 Å². The molecule has 2 aromatic carbocycles. The molecule has 0 saturated carbocycles. The van der Waals surface area contributed by atoms with Crippen molar-refractivity contribution < 1.29 is 33.3 Å². The minimum atomic E-state index is 0. The maximum Gasteiger partial charge on any atom is 0.231 e. The van der Waals surface area contributed by atoms with Gasteiger partial charge in [-0.1, -0.05) is 12.1 Å². The first-order valence-electron chi connectivity index (χ1n) is 6.56. The van der Waals surface area contributed by atoms with Crippen LogP contribution < -0.4 is 33.3 Å². The molecule has 0 unspecified atom stereocenters. The largest absolute Gasteiger partial charge is 1.00 e. The van der Waals surface area contributed by atoms with Crippen LogP contribution in [0.1, 0.15) is 0 Å². The van der Waals surface area contributed by atoms with Crippen LogP contribution in [0.5, 0.6) is 5.75 Å². The number of aryl methyl sites for hydroxylation is 1. The fourth-order valence-electron chi connectivity index (χ4n) is 2.83. The van der Waals surface area contributed by atoms with Gasteiger partial charge in [-0.3, -0.25) is 0 Å². The smallest absolute Gasteiger partial charge is 0.231 e. The zero-order valence-electron chi connectivity index (χ0n) is 11.8. The number of hydrogen-bond donors (Lipinski definition) is 0. The first-order chi connectivity index (χ1) is 9.78. The number of aromatic nitrogens is 1. The van der Waals surface area contributed by atoms with E-state index in [1.807, 2.05) is 17.4 Å². The van der Waals surface area contributed by atoms with Gasteiger partial charge < -0.3 is 28.7 Å². The van der Waals surface area contributed by atoms with E-state index in [-0.39, 0.29) is 24.0 Å². The van der Waals surface area contributed by atoms with Gasteiger partial charge in [0.25, 0.3) is 0 Å². The summed E-state index contributed by atoms with van der Waals surface area (Å²) in [4.78, 5) is 0. The molecule has 0 amide bonds. The number of fused-ring (bicyclic) bond motifs is 4. The minimum absolute atomic E-state index is 0. The van der Waals surface area contributed by atoms with Crippen molar-refractivity contribution in [3.05, 3.63) is 48.5 Å². The van der Waals surface area contributed by atoms with Crippen LogP contribution in [-0.4, -0.2) is 7.11 Å². The third kappa shape index (κ3) is 2.17. The van der Waals surface area contributed by atoms with Crippen molar-refractivity contribution in [3.63, 3.8) is 0 Å². The lowest BCUT2D eigenvalue weighted by Crippen LogP contribution is -3.00. The molecule has 0 N–H and O–H groups in total. The highest BCUT2D eigenvalue weighted by Gasteiger charge is 2.17. The number of nitrogens with zero attached hydrogens (tertiary/aromatic N) is 1. The predicted octanol–water partition coefficient (Wildman–Crippen LogP) is 1.04. The number of para-hydroxylation sites is 1. The molecule has 4 heteroatoms. The van der Waals surface area contributed by atoms with Crippen LogP contribution in [0.25, 0.3) is 31.2 Å². The van der Waals surface area contributed by atoms with Gasteiger partial charge >= 0.3 is 0 Å². The summed E-state index contributed by atoms with van der Waals surface area (Å²) in [6, 6.07) is 17.1. The van der Waals surface area contributed by atoms with E-state index in [2.05, 4.69) is 54.1 Å². The Hall–Kier alpha value is -1.40. The molecule has 4 rings (SSSR count). The van der Waals surface area contributed by atoms with Crippen molar-refractivity contribution in [1.82, 2.24) is 0 Å². The van der Waals surface area contributed by atoms with Crippen molar-refractivity contribution >= 4 is 42.5 Å². The van der Waals surface area contributed by atoms with E-state index < -0.39 is 0 Å². The fraction of sp³-hybridized carbons (Fsp3) is 0.118. The predicted molar refractivity (Wildman–Crippen MR) is 84.6 cm³/mol. The molecule has 2 heterocycles. The first-order valence-corrected chi connectivity index (χ1v) is 7.37. The molecule has 0 fully saturated rings. The van der Waals surface area contributed by atoms with Gasteiger partial charge in [-0.15, -0.1) is 11.3 Å². The molecule has 21 heavy (non-hydrogen) atoms. The van der Waals surface area contributed by atoms with Crippen LogP contribution in [0.15, 0.2) is 48.5 Å². The number of thiophene rings is 1. The summed E-state index contributed by atoms with van der Waals surface area (Å²) >= 11 is 1.82. The Bertz CT molecular complexity index is 961. The number of methoxy groups -OCH3 is 1. The highest BCUT2D eigenvalue weighted by Crippen LogP contribution is 2.35. The normalized spacial score (nSPS) is 11.0. The highest BCUT2D eigenvalue weighted by atomic mass is 127. The second-order valence-electron chi connectivity index (χ2n) is 4.94. The zero-order valence-corrected chi connectivity index (χ0v) is 14.7. The van der Waals surface area contributed by atoms with Gasteiger partial charge in [-0.05, 0) is 30.3 Å². The van der Waals surface area contributed by atoms with E-state index in [4.69, 9.17) is 4.74 Å². The molecule has 2 nitrogen and oxygen atoms in total. The quantitative estimate of drug-likeness (QED) is 0.340. The van der Waals surface area contributed by atoms with Crippen LogP contribution in [0, 0.1) is 0 Å². The summed E-state index contributed by atoms with van der Waals surface area (Å²) in [5, 5.41) is 2.57. The van der Waals surface area contributed by atoms with Gasteiger partial charge in [0.1, 0.15) is 17.5 Å². The third-order valence-corrected chi connectivity index (χ3v) is 4.91. The van der Waals surface area contributed by atoms with Crippen LogP contribution in [-0.2, 0) is 7.05 Å². The molecule has 0 radical (unpaired) electrons. The molecular formula is C17H14INOS. The molecule has 0 atom stereocenters. The monoisotopic (exact) mass is 407 g/mol. The minimum Gasteiger partial charge on any atom is -1.00 e. The standard InChI is InChI=1S/C17H14NOS.HI/c1-18-14-6-4-3-5-11(14)9-16-17(18)13-8-7-12(19-2)10-15(13)20-16;/h3-10H,1-2H3;1H/q+1;/p-1. The summed E-state index contributed by atoms with van der Waals surface area (Å²) in [6.07, 6.45) is 0. The van der Waals surface area contributed by atoms with E-state index in [1.54, 1.807) is 7.11 Å². The number of benzene rings is 2. The summed E-state index contributed by atoms with van der Waals surface area (Å²) in [7, 11) is 3.85. The van der Waals surface area contributed by atoms with E-state index in [1.165, 1.54) is 31.2 Å². The Balaban J connectivity index is 0.00000132. The zero-order chi connectivity index (χ0) is 13.7. The molecule has 4 aromatic rings. The van der Waals surface area contributed by atoms with E-state index in [9.17, 15) is 0 Å².